The Morgan fingerprint density at radius 2 is 1.69 bits per heavy atom. The van der Waals surface area contributed by atoms with Gasteiger partial charge in [0.2, 0.25) is 10.0 Å². The van der Waals surface area contributed by atoms with E-state index in [1.54, 1.807) is 33.3 Å². The fourth-order valence-electron chi connectivity index (χ4n) is 3.93. The Bertz CT molecular complexity index is 1340. The molecule has 11 nitrogen and oxygen atoms in total. The Balaban J connectivity index is 1.49. The van der Waals surface area contributed by atoms with Crippen molar-refractivity contribution < 1.29 is 22.8 Å². The van der Waals surface area contributed by atoms with Crippen LogP contribution in [0.4, 0.5) is 11.5 Å². The molecule has 0 unspecified atom stereocenters. The predicted octanol–water partition coefficient (Wildman–Crippen LogP) is 2.89. The minimum absolute atomic E-state index is 0.0449. The van der Waals surface area contributed by atoms with Gasteiger partial charge in [-0.1, -0.05) is 6.07 Å². The molecule has 1 saturated heterocycles. The van der Waals surface area contributed by atoms with E-state index in [9.17, 15) is 18.5 Å². The normalized spacial score (nSPS) is 14.5. The van der Waals surface area contributed by atoms with Gasteiger partial charge < -0.3 is 14.4 Å². The molecule has 0 bridgehead atoms. The van der Waals surface area contributed by atoms with Crippen LogP contribution in [-0.2, 0) is 10.0 Å². The summed E-state index contributed by atoms with van der Waals surface area (Å²) in [5.74, 6) is 1.94. The van der Waals surface area contributed by atoms with E-state index in [-0.39, 0.29) is 23.7 Å². The van der Waals surface area contributed by atoms with Gasteiger partial charge in [0.1, 0.15) is 11.5 Å². The summed E-state index contributed by atoms with van der Waals surface area (Å²) in [5.41, 5.74) is 1.57. The highest BCUT2D eigenvalue weighted by Crippen LogP contribution is 2.32. The Morgan fingerprint density at radius 3 is 2.29 bits per heavy atom. The molecule has 3 aromatic rings. The number of nitro benzene ring substituents is 1. The molecule has 4 rings (SSSR count). The van der Waals surface area contributed by atoms with E-state index in [4.69, 9.17) is 9.47 Å². The zero-order chi connectivity index (χ0) is 25.2. The largest absolute Gasteiger partial charge is 0.497 e. The van der Waals surface area contributed by atoms with Crippen molar-refractivity contribution in [1.29, 1.82) is 0 Å². The number of methoxy groups -OCH3 is 2. The number of hydrogen-bond acceptors (Lipinski definition) is 9. The second kappa shape index (κ2) is 9.84. The molecule has 1 aliphatic rings. The Hall–Kier alpha value is -3.77. The van der Waals surface area contributed by atoms with Crippen molar-refractivity contribution in [2.24, 2.45) is 0 Å². The van der Waals surface area contributed by atoms with Gasteiger partial charge in [-0.25, -0.2) is 8.42 Å². The van der Waals surface area contributed by atoms with E-state index in [0.717, 1.165) is 11.6 Å². The second-order valence-electron chi connectivity index (χ2n) is 7.94. The molecule has 0 spiro atoms. The summed E-state index contributed by atoms with van der Waals surface area (Å²) in [5, 5.41) is 19.8. The third kappa shape index (κ3) is 4.88. The van der Waals surface area contributed by atoms with Crippen LogP contribution < -0.4 is 14.4 Å². The molecule has 0 radical (unpaired) electrons. The van der Waals surface area contributed by atoms with Crippen LogP contribution in [0.2, 0.25) is 0 Å². The molecule has 0 atom stereocenters. The number of aryl methyl sites for hydroxylation is 1. The number of non-ortho nitro benzene ring substituents is 1. The maximum Gasteiger partial charge on any atom is 0.270 e. The lowest BCUT2D eigenvalue weighted by Crippen LogP contribution is -2.49. The van der Waals surface area contributed by atoms with Gasteiger partial charge in [-0.2, -0.15) is 4.31 Å². The maximum atomic E-state index is 13.2. The maximum absolute atomic E-state index is 13.2. The Kier molecular flexibility index (Phi) is 6.85. The van der Waals surface area contributed by atoms with Crippen LogP contribution in [-0.4, -0.2) is 68.2 Å². The first-order chi connectivity index (χ1) is 16.7. The van der Waals surface area contributed by atoms with Gasteiger partial charge in [-0.05, 0) is 42.8 Å². The van der Waals surface area contributed by atoms with Crippen LogP contribution in [0.15, 0.2) is 53.4 Å². The molecule has 1 aromatic heterocycles. The number of benzene rings is 2. The highest BCUT2D eigenvalue weighted by molar-refractivity contribution is 7.89. The lowest BCUT2D eigenvalue weighted by Gasteiger charge is -2.34. The van der Waals surface area contributed by atoms with Crippen molar-refractivity contribution >= 4 is 21.5 Å². The molecule has 2 aromatic carbocycles. The molecule has 1 aliphatic heterocycles. The number of sulfonamides is 1. The average molecular weight is 500 g/mol. The fraction of sp³-hybridized carbons (Fsp3) is 0.304. The van der Waals surface area contributed by atoms with Crippen molar-refractivity contribution in [3.8, 4) is 22.8 Å². The fourth-order valence-corrected chi connectivity index (χ4v) is 5.60. The molecule has 35 heavy (non-hydrogen) atoms. The number of rotatable bonds is 7. The van der Waals surface area contributed by atoms with Gasteiger partial charge in [0, 0.05) is 43.9 Å². The molecule has 1 fully saturated rings. The van der Waals surface area contributed by atoms with Crippen molar-refractivity contribution in [3.05, 3.63) is 64.2 Å². The smallest absolute Gasteiger partial charge is 0.270 e. The molecule has 0 saturated carbocycles. The number of hydrogen-bond donors (Lipinski definition) is 0. The number of nitrogens with zero attached hydrogens (tertiary/aromatic N) is 5. The summed E-state index contributed by atoms with van der Waals surface area (Å²) in [4.78, 5) is 12.4. The Labute approximate surface area is 203 Å². The van der Waals surface area contributed by atoms with Crippen molar-refractivity contribution in [3.63, 3.8) is 0 Å². The molecule has 12 heteroatoms. The number of nitro groups is 1. The Morgan fingerprint density at radius 1 is 0.943 bits per heavy atom. The van der Waals surface area contributed by atoms with Crippen LogP contribution in [0.5, 0.6) is 11.5 Å². The highest BCUT2D eigenvalue weighted by atomic mass is 32.2. The number of ether oxygens (including phenoxy) is 2. The van der Waals surface area contributed by atoms with Crippen molar-refractivity contribution in [1.82, 2.24) is 14.5 Å². The van der Waals surface area contributed by atoms with Gasteiger partial charge >= 0.3 is 0 Å². The first-order valence-corrected chi connectivity index (χ1v) is 12.2. The minimum Gasteiger partial charge on any atom is -0.497 e. The van der Waals surface area contributed by atoms with Gasteiger partial charge in [-0.15, -0.1) is 10.2 Å². The summed E-state index contributed by atoms with van der Waals surface area (Å²) < 4.78 is 38.4. The second-order valence-corrected chi connectivity index (χ2v) is 9.85. The van der Waals surface area contributed by atoms with Gasteiger partial charge in [-0.3, -0.25) is 10.1 Å². The summed E-state index contributed by atoms with van der Waals surface area (Å²) in [6.07, 6.45) is 0. The summed E-state index contributed by atoms with van der Waals surface area (Å²) in [6.45, 7) is 2.88. The first kappa shape index (κ1) is 24.4. The molecule has 2 heterocycles. The van der Waals surface area contributed by atoms with E-state index in [1.165, 1.54) is 16.4 Å². The van der Waals surface area contributed by atoms with Crippen LogP contribution in [0.1, 0.15) is 5.56 Å². The first-order valence-electron chi connectivity index (χ1n) is 10.8. The van der Waals surface area contributed by atoms with E-state index in [2.05, 4.69) is 10.2 Å². The molecule has 0 N–H and O–H groups in total. The minimum atomic E-state index is -3.87. The molecular formula is C23H25N5O6S. The highest BCUT2D eigenvalue weighted by Gasteiger charge is 2.31. The summed E-state index contributed by atoms with van der Waals surface area (Å²) in [6, 6.07) is 13.0. The van der Waals surface area contributed by atoms with E-state index in [0.29, 0.717) is 41.7 Å². The monoisotopic (exact) mass is 499 g/mol. The van der Waals surface area contributed by atoms with Gasteiger partial charge in [0.15, 0.2) is 5.82 Å². The summed E-state index contributed by atoms with van der Waals surface area (Å²) in [7, 11) is -0.708. The van der Waals surface area contributed by atoms with Gasteiger partial charge in [0.25, 0.3) is 5.69 Å². The van der Waals surface area contributed by atoms with Crippen LogP contribution >= 0.6 is 0 Å². The van der Waals surface area contributed by atoms with Crippen LogP contribution in [0.25, 0.3) is 11.3 Å². The SMILES string of the molecule is COc1ccc(OC)c(-c2ccc(N3CCN(S(=O)(=O)c4cc([N+](=O)[O-])ccc4C)CC3)nn2)c1. The predicted molar refractivity (Wildman–Crippen MR) is 129 cm³/mol. The molecule has 0 aliphatic carbocycles. The lowest BCUT2D eigenvalue weighted by molar-refractivity contribution is -0.385. The zero-order valence-electron chi connectivity index (χ0n) is 19.5. The standard InChI is InChI=1S/C23H25N5O6S/c1-16-4-5-17(28(29)30)14-22(16)35(31,32)27-12-10-26(11-13-27)23-9-7-20(24-25-23)19-15-18(33-2)6-8-21(19)34-3/h4-9,14-15H,10-13H2,1-3H3. The number of anilines is 1. The van der Waals surface area contributed by atoms with Crippen LogP contribution in [0.3, 0.4) is 0 Å². The van der Waals surface area contributed by atoms with Crippen LogP contribution in [0, 0.1) is 17.0 Å². The zero-order valence-corrected chi connectivity index (χ0v) is 20.4. The number of aromatic nitrogens is 2. The molecular weight excluding hydrogens is 474 g/mol. The van der Waals surface area contributed by atoms with E-state index >= 15 is 0 Å². The van der Waals surface area contributed by atoms with E-state index < -0.39 is 14.9 Å². The third-order valence-corrected chi connectivity index (χ3v) is 7.94. The lowest BCUT2D eigenvalue weighted by atomic mass is 10.1. The molecule has 0 amide bonds. The van der Waals surface area contributed by atoms with E-state index in [1.807, 2.05) is 23.1 Å². The summed E-state index contributed by atoms with van der Waals surface area (Å²) >= 11 is 0. The average Bonchev–Trinajstić information content (AvgIpc) is 2.88. The topological polar surface area (TPSA) is 128 Å². The van der Waals surface area contributed by atoms with Crippen molar-refractivity contribution in [2.75, 3.05) is 45.3 Å². The van der Waals surface area contributed by atoms with Crippen molar-refractivity contribution in [2.45, 2.75) is 11.8 Å². The number of piperazine rings is 1. The molecule has 184 valence electrons. The quantitative estimate of drug-likeness (QED) is 0.356. The van der Waals surface area contributed by atoms with Gasteiger partial charge in [0.05, 0.1) is 29.7 Å². The third-order valence-electron chi connectivity index (χ3n) is 5.90.